The maximum absolute atomic E-state index is 12.2. The van der Waals surface area contributed by atoms with Crippen LogP contribution in [0.2, 0.25) is 0 Å². The molecule has 0 aliphatic carbocycles. The minimum Gasteiger partial charge on any atom is -0.618 e. The highest BCUT2D eigenvalue weighted by molar-refractivity contribution is 5.94. The highest BCUT2D eigenvalue weighted by Gasteiger charge is 2.23. The molecule has 0 aliphatic rings. The van der Waals surface area contributed by atoms with Gasteiger partial charge in [0.1, 0.15) is 6.04 Å². The van der Waals surface area contributed by atoms with Gasteiger partial charge >= 0.3 is 5.97 Å². The van der Waals surface area contributed by atoms with Crippen LogP contribution in [0.15, 0.2) is 85.3 Å². The lowest BCUT2D eigenvalue weighted by Crippen LogP contribution is -2.49. The van der Waals surface area contributed by atoms with Crippen LogP contribution >= 0.6 is 0 Å². The van der Waals surface area contributed by atoms with Gasteiger partial charge in [0.25, 0.3) is 5.91 Å². The first-order valence-corrected chi connectivity index (χ1v) is 13.6. The van der Waals surface area contributed by atoms with Crippen molar-refractivity contribution in [3.8, 4) is 0 Å². The zero-order valence-electron chi connectivity index (χ0n) is 23.5. The molecular formula is C31H42N4O5. The predicted octanol–water partition coefficient (Wildman–Crippen LogP) is 4.80. The highest BCUT2D eigenvalue weighted by Crippen LogP contribution is 1.99. The molecule has 1 unspecified atom stereocenters. The Kier molecular flexibility index (Phi) is 18.3. The van der Waals surface area contributed by atoms with Gasteiger partial charge in [-0.1, -0.05) is 79.8 Å². The summed E-state index contributed by atoms with van der Waals surface area (Å²) in [4.78, 5) is 39.5. The SMILES string of the molecule is CCC=CCC=CCC=CCC=CCC=CCC=CCCC(=O)NCC(NC(=O)c1c[n+]([O-])c(C)cn1)C(=O)O. The number of carboxylic acids is 1. The van der Waals surface area contributed by atoms with Crippen LogP contribution in [0.25, 0.3) is 0 Å². The Balaban J connectivity index is 2.18. The Morgan fingerprint density at radius 1 is 0.900 bits per heavy atom. The van der Waals surface area contributed by atoms with Gasteiger partial charge in [-0.2, -0.15) is 4.73 Å². The number of carbonyl (C=O) groups excluding carboxylic acids is 2. The molecule has 0 aliphatic heterocycles. The maximum atomic E-state index is 12.2. The first-order valence-electron chi connectivity index (χ1n) is 13.6. The Labute approximate surface area is 237 Å². The number of aryl methyl sites for hydroxylation is 1. The quantitative estimate of drug-likeness (QED) is 0.129. The molecule has 2 amide bonds. The number of hydrogen-bond acceptors (Lipinski definition) is 5. The number of rotatable bonds is 19. The number of nitrogens with one attached hydrogen (secondary N) is 2. The first kappa shape index (κ1) is 33.8. The van der Waals surface area contributed by atoms with Crippen molar-refractivity contribution in [2.75, 3.05) is 6.54 Å². The van der Waals surface area contributed by atoms with E-state index in [-0.39, 0.29) is 24.6 Å². The lowest BCUT2D eigenvalue weighted by Gasteiger charge is -2.15. The van der Waals surface area contributed by atoms with E-state index in [4.69, 9.17) is 0 Å². The minimum atomic E-state index is -1.36. The van der Waals surface area contributed by atoms with Gasteiger partial charge in [0.15, 0.2) is 5.69 Å². The first-order chi connectivity index (χ1) is 19.3. The van der Waals surface area contributed by atoms with Gasteiger partial charge in [-0.05, 0) is 44.9 Å². The average molecular weight is 551 g/mol. The second kappa shape index (κ2) is 21.6. The van der Waals surface area contributed by atoms with Crippen molar-refractivity contribution in [1.29, 1.82) is 0 Å². The van der Waals surface area contributed by atoms with E-state index in [1.807, 2.05) is 12.2 Å². The molecule has 0 spiro atoms. The zero-order valence-corrected chi connectivity index (χ0v) is 23.5. The molecule has 0 aromatic carbocycles. The van der Waals surface area contributed by atoms with Crippen molar-refractivity contribution < 1.29 is 24.2 Å². The molecule has 216 valence electrons. The molecule has 1 aromatic heterocycles. The molecule has 1 heterocycles. The van der Waals surface area contributed by atoms with E-state index in [0.717, 1.165) is 44.7 Å². The third kappa shape index (κ3) is 16.5. The second-order valence-corrected chi connectivity index (χ2v) is 8.86. The van der Waals surface area contributed by atoms with Crippen molar-refractivity contribution in [2.45, 2.75) is 71.3 Å². The van der Waals surface area contributed by atoms with Crippen molar-refractivity contribution >= 4 is 17.8 Å². The molecule has 0 radical (unpaired) electrons. The van der Waals surface area contributed by atoms with Crippen molar-refractivity contribution in [3.63, 3.8) is 0 Å². The Bertz CT molecular complexity index is 1100. The van der Waals surface area contributed by atoms with Gasteiger partial charge in [0.2, 0.25) is 17.8 Å². The van der Waals surface area contributed by atoms with Crippen LogP contribution in [0, 0.1) is 12.1 Å². The predicted molar refractivity (Wildman–Crippen MR) is 157 cm³/mol. The number of amides is 2. The molecule has 9 nitrogen and oxygen atoms in total. The molecule has 0 saturated carbocycles. The number of aromatic nitrogens is 2. The largest absolute Gasteiger partial charge is 0.618 e. The van der Waals surface area contributed by atoms with Gasteiger partial charge < -0.3 is 20.9 Å². The molecule has 9 heteroatoms. The average Bonchev–Trinajstić information content (AvgIpc) is 2.93. The van der Waals surface area contributed by atoms with Crippen LogP contribution < -0.4 is 15.4 Å². The Morgan fingerprint density at radius 3 is 1.88 bits per heavy atom. The summed E-state index contributed by atoms with van der Waals surface area (Å²) in [6.07, 6.45) is 33.8. The van der Waals surface area contributed by atoms with Crippen LogP contribution in [0.1, 0.15) is 74.5 Å². The van der Waals surface area contributed by atoms with Crippen LogP contribution in [0.4, 0.5) is 0 Å². The molecular weight excluding hydrogens is 508 g/mol. The molecule has 0 fully saturated rings. The summed E-state index contributed by atoms with van der Waals surface area (Å²) in [7, 11) is 0. The van der Waals surface area contributed by atoms with Crippen molar-refractivity contribution in [3.05, 3.63) is 102 Å². The smallest absolute Gasteiger partial charge is 0.328 e. The summed E-state index contributed by atoms with van der Waals surface area (Å²) < 4.78 is 0.467. The van der Waals surface area contributed by atoms with Crippen LogP contribution in [-0.2, 0) is 9.59 Å². The number of allylic oxidation sites excluding steroid dienone is 12. The van der Waals surface area contributed by atoms with E-state index >= 15 is 0 Å². The topological polar surface area (TPSA) is 135 Å². The third-order valence-corrected chi connectivity index (χ3v) is 5.45. The standard InChI is InChI=1S/C31H42N4O5/c1-3-4-5-6-7-8-9-10-11-12-13-14-15-16-17-18-19-20-21-22-29(36)33-24-27(31(38)39)34-30(37)28-25-35(40)26(2)23-32-28/h4-5,7-8,10-11,13-14,16-17,19-20,23,25,27H,3,6,9,12,15,18,21-22,24H2,1-2H3,(H,33,36)(H,34,37)(H,38,39). The van der Waals surface area contributed by atoms with Crippen molar-refractivity contribution in [2.24, 2.45) is 0 Å². The van der Waals surface area contributed by atoms with Crippen LogP contribution in [0.3, 0.4) is 0 Å². The minimum absolute atomic E-state index is 0.193. The maximum Gasteiger partial charge on any atom is 0.328 e. The number of aliphatic carboxylic acids is 1. The summed E-state index contributed by atoms with van der Waals surface area (Å²) in [6.45, 7) is 3.37. The second-order valence-electron chi connectivity index (χ2n) is 8.86. The number of carbonyl (C=O) groups is 3. The lowest BCUT2D eigenvalue weighted by molar-refractivity contribution is -0.613. The summed E-state index contributed by atoms with van der Waals surface area (Å²) in [5.74, 6) is -2.46. The summed E-state index contributed by atoms with van der Waals surface area (Å²) in [6, 6.07) is -1.36. The van der Waals surface area contributed by atoms with Gasteiger partial charge in [0.05, 0.1) is 6.20 Å². The third-order valence-electron chi connectivity index (χ3n) is 5.45. The fourth-order valence-corrected chi connectivity index (χ4v) is 3.17. The molecule has 1 aromatic rings. The molecule has 40 heavy (non-hydrogen) atoms. The summed E-state index contributed by atoms with van der Waals surface area (Å²) in [5, 5.41) is 25.7. The summed E-state index contributed by atoms with van der Waals surface area (Å²) in [5.41, 5.74) is 0.0846. The normalized spacial score (nSPS) is 12.9. The van der Waals surface area contributed by atoms with Gasteiger partial charge in [-0.3, -0.25) is 9.59 Å². The van der Waals surface area contributed by atoms with E-state index < -0.39 is 17.9 Å². The van der Waals surface area contributed by atoms with E-state index in [0.29, 0.717) is 16.8 Å². The van der Waals surface area contributed by atoms with E-state index in [1.54, 1.807) is 0 Å². The number of nitrogens with zero attached hydrogens (tertiary/aromatic N) is 2. The number of carboxylic acid groups (broad SMARTS) is 1. The lowest BCUT2D eigenvalue weighted by atomic mass is 10.2. The highest BCUT2D eigenvalue weighted by atomic mass is 16.5. The monoisotopic (exact) mass is 550 g/mol. The van der Waals surface area contributed by atoms with Crippen molar-refractivity contribution in [1.82, 2.24) is 15.6 Å². The fourth-order valence-electron chi connectivity index (χ4n) is 3.17. The molecule has 1 atom stereocenters. The fraction of sp³-hybridized carbons (Fsp3) is 0.387. The Morgan fingerprint density at radius 2 is 1.40 bits per heavy atom. The van der Waals surface area contributed by atoms with Gasteiger partial charge in [0, 0.05) is 19.9 Å². The van der Waals surface area contributed by atoms with E-state index in [2.05, 4.69) is 83.3 Å². The number of hydrogen-bond donors (Lipinski definition) is 3. The van der Waals surface area contributed by atoms with Crippen LogP contribution in [0.5, 0.6) is 0 Å². The molecule has 1 rings (SSSR count). The molecule has 0 bridgehead atoms. The van der Waals surface area contributed by atoms with Crippen LogP contribution in [-0.4, -0.2) is 40.5 Å². The van der Waals surface area contributed by atoms with Gasteiger partial charge in [-0.15, -0.1) is 0 Å². The van der Waals surface area contributed by atoms with E-state index in [1.165, 1.54) is 13.1 Å². The van der Waals surface area contributed by atoms with E-state index in [9.17, 15) is 24.7 Å². The zero-order chi connectivity index (χ0) is 29.4. The molecule has 0 saturated heterocycles. The summed E-state index contributed by atoms with van der Waals surface area (Å²) >= 11 is 0. The molecule has 3 N–H and O–H groups in total. The Hall–Kier alpha value is -4.27. The van der Waals surface area contributed by atoms with Gasteiger partial charge in [-0.25, -0.2) is 9.78 Å².